The number of amides is 1. The number of aromatic nitrogens is 3. The highest BCUT2D eigenvalue weighted by atomic mass is 16.2. The minimum Gasteiger partial charge on any atom is -0.343 e. The summed E-state index contributed by atoms with van der Waals surface area (Å²) in [4.78, 5) is 30.9. The van der Waals surface area contributed by atoms with Crippen LogP contribution in [0.15, 0.2) is 35.3 Å². The highest BCUT2D eigenvalue weighted by Gasteiger charge is 2.24. The van der Waals surface area contributed by atoms with Crippen LogP contribution in [-0.4, -0.2) is 38.0 Å². The highest BCUT2D eigenvalue weighted by Crippen LogP contribution is 2.29. The first-order chi connectivity index (χ1) is 14.4. The van der Waals surface area contributed by atoms with E-state index in [0.717, 1.165) is 60.5 Å². The van der Waals surface area contributed by atoms with Gasteiger partial charge in [0.15, 0.2) is 0 Å². The Morgan fingerprint density at radius 1 is 1.30 bits per heavy atom. The lowest BCUT2D eigenvalue weighted by Crippen LogP contribution is -2.39. The van der Waals surface area contributed by atoms with Gasteiger partial charge in [-0.05, 0) is 49.4 Å². The van der Waals surface area contributed by atoms with Gasteiger partial charge in [0.1, 0.15) is 5.82 Å². The number of carbonyl (C=O) groups excluding carboxylic acids is 1. The summed E-state index contributed by atoms with van der Waals surface area (Å²) in [7, 11) is 1.77. The molecule has 7 nitrogen and oxygen atoms in total. The first kappa shape index (κ1) is 20.3. The summed E-state index contributed by atoms with van der Waals surface area (Å²) in [5.41, 5.74) is 10.5. The smallest absolute Gasteiger partial charge is 0.253 e. The van der Waals surface area contributed by atoms with Gasteiger partial charge in [0, 0.05) is 57.5 Å². The number of hydrogen-bond donors (Lipinski definition) is 1. The molecule has 1 fully saturated rings. The van der Waals surface area contributed by atoms with Crippen LogP contribution in [0.1, 0.15) is 30.9 Å². The van der Waals surface area contributed by atoms with E-state index >= 15 is 0 Å². The Hall–Kier alpha value is -2.93. The van der Waals surface area contributed by atoms with Gasteiger partial charge < -0.3 is 19.8 Å². The number of fused-ring (bicyclic) bond motifs is 1. The van der Waals surface area contributed by atoms with E-state index in [9.17, 15) is 9.59 Å². The van der Waals surface area contributed by atoms with Crippen molar-refractivity contribution in [2.75, 3.05) is 13.1 Å². The lowest BCUT2D eigenvalue weighted by atomic mass is 9.97. The largest absolute Gasteiger partial charge is 0.343 e. The summed E-state index contributed by atoms with van der Waals surface area (Å²) in [6.07, 6.45) is 3.94. The maximum Gasteiger partial charge on any atom is 0.253 e. The molecule has 3 aromatic rings. The normalized spacial score (nSPS) is 16.9. The molecule has 158 valence electrons. The third-order valence-electron chi connectivity index (χ3n) is 6.07. The number of piperidine rings is 1. The van der Waals surface area contributed by atoms with Gasteiger partial charge in [-0.1, -0.05) is 6.07 Å². The molecular formula is C23H29N5O2. The number of aryl methyl sites for hydroxylation is 2. The molecule has 30 heavy (non-hydrogen) atoms. The summed E-state index contributed by atoms with van der Waals surface area (Å²) in [6.45, 7) is 6.30. The Balaban J connectivity index is 1.82. The standard InChI is InChI=1S/C23H29N5O2/c1-15-9-19(14-26(3)23(15)30)22-25-20-7-6-17(11-24)10-21(20)28(22)13-18-5-4-8-27(12-18)16(2)29/h6-7,9-10,14,18H,4-5,8,11-13,24H2,1-3H3. The summed E-state index contributed by atoms with van der Waals surface area (Å²) < 4.78 is 3.85. The Labute approximate surface area is 176 Å². The molecule has 2 N–H and O–H groups in total. The number of hydrogen-bond acceptors (Lipinski definition) is 4. The number of likely N-dealkylation sites (tertiary alicyclic amines) is 1. The van der Waals surface area contributed by atoms with Crippen molar-refractivity contribution in [3.63, 3.8) is 0 Å². The molecule has 4 rings (SSSR count). The first-order valence-electron chi connectivity index (χ1n) is 10.5. The monoisotopic (exact) mass is 407 g/mol. The van der Waals surface area contributed by atoms with Gasteiger partial charge in [-0.15, -0.1) is 0 Å². The zero-order valence-corrected chi connectivity index (χ0v) is 17.9. The van der Waals surface area contributed by atoms with E-state index in [1.54, 1.807) is 18.5 Å². The molecule has 1 saturated heterocycles. The van der Waals surface area contributed by atoms with E-state index < -0.39 is 0 Å². The van der Waals surface area contributed by atoms with Gasteiger partial charge >= 0.3 is 0 Å². The van der Waals surface area contributed by atoms with E-state index in [1.165, 1.54) is 0 Å². The minimum atomic E-state index is -0.00351. The van der Waals surface area contributed by atoms with Crippen LogP contribution in [0.25, 0.3) is 22.4 Å². The maximum absolute atomic E-state index is 12.2. The predicted molar refractivity (Wildman–Crippen MR) is 118 cm³/mol. The molecule has 1 unspecified atom stereocenters. The summed E-state index contributed by atoms with van der Waals surface area (Å²) in [5.74, 6) is 1.33. The third-order valence-corrected chi connectivity index (χ3v) is 6.07. The van der Waals surface area contributed by atoms with Crippen molar-refractivity contribution in [2.24, 2.45) is 18.7 Å². The van der Waals surface area contributed by atoms with Crippen LogP contribution in [0, 0.1) is 12.8 Å². The van der Waals surface area contributed by atoms with Gasteiger partial charge in [-0.2, -0.15) is 0 Å². The molecule has 1 amide bonds. The van der Waals surface area contributed by atoms with Crippen LogP contribution < -0.4 is 11.3 Å². The number of pyridine rings is 1. The molecule has 7 heteroatoms. The summed E-state index contributed by atoms with van der Waals surface area (Å²) in [6, 6.07) is 8.03. The van der Waals surface area contributed by atoms with Gasteiger partial charge in [0.2, 0.25) is 5.91 Å². The molecule has 0 radical (unpaired) electrons. The van der Waals surface area contributed by atoms with E-state index in [0.29, 0.717) is 18.0 Å². The molecule has 1 aliphatic heterocycles. The number of nitrogens with two attached hydrogens (primary N) is 1. The topological polar surface area (TPSA) is 86.2 Å². The van der Waals surface area contributed by atoms with Crippen LogP contribution in [-0.2, 0) is 24.9 Å². The Kier molecular flexibility index (Phi) is 5.47. The molecule has 0 aliphatic carbocycles. The van der Waals surface area contributed by atoms with Crippen LogP contribution in [0.5, 0.6) is 0 Å². The molecule has 3 heterocycles. The van der Waals surface area contributed by atoms with Gasteiger partial charge in [0.25, 0.3) is 5.56 Å². The number of benzene rings is 1. The van der Waals surface area contributed by atoms with E-state index in [4.69, 9.17) is 10.7 Å². The summed E-state index contributed by atoms with van der Waals surface area (Å²) >= 11 is 0. The summed E-state index contributed by atoms with van der Waals surface area (Å²) in [5, 5.41) is 0. The second-order valence-electron chi connectivity index (χ2n) is 8.37. The zero-order valence-electron chi connectivity index (χ0n) is 17.9. The third kappa shape index (κ3) is 3.77. The molecule has 1 aromatic carbocycles. The number of imidazole rings is 1. The van der Waals surface area contributed by atoms with E-state index in [2.05, 4.69) is 10.6 Å². The molecule has 0 spiro atoms. The molecular weight excluding hydrogens is 378 g/mol. The first-order valence-corrected chi connectivity index (χ1v) is 10.5. The Morgan fingerprint density at radius 2 is 2.10 bits per heavy atom. The quantitative estimate of drug-likeness (QED) is 0.720. The fourth-order valence-electron chi connectivity index (χ4n) is 4.46. The van der Waals surface area contributed by atoms with Crippen molar-refractivity contribution < 1.29 is 4.79 Å². The van der Waals surface area contributed by atoms with Crippen LogP contribution in [0.2, 0.25) is 0 Å². The van der Waals surface area contributed by atoms with Gasteiger partial charge in [-0.25, -0.2) is 4.98 Å². The SMILES string of the molecule is CC(=O)N1CCCC(Cn2c(-c3cc(C)c(=O)n(C)c3)nc3ccc(CN)cc32)C1. The second kappa shape index (κ2) is 8.07. The lowest BCUT2D eigenvalue weighted by Gasteiger charge is -2.32. The van der Waals surface area contributed by atoms with Crippen molar-refractivity contribution in [1.82, 2.24) is 19.0 Å². The van der Waals surface area contributed by atoms with E-state index in [1.807, 2.05) is 36.2 Å². The van der Waals surface area contributed by atoms with Gasteiger partial charge in [-0.3, -0.25) is 9.59 Å². The number of nitrogens with zero attached hydrogens (tertiary/aromatic N) is 4. The molecule has 2 aromatic heterocycles. The molecule has 1 aliphatic rings. The van der Waals surface area contributed by atoms with E-state index in [-0.39, 0.29) is 11.5 Å². The zero-order chi connectivity index (χ0) is 21.4. The van der Waals surface area contributed by atoms with Crippen molar-refractivity contribution in [3.05, 3.63) is 51.9 Å². The fourth-order valence-corrected chi connectivity index (χ4v) is 4.46. The molecule has 1 atom stereocenters. The van der Waals surface area contributed by atoms with Gasteiger partial charge in [0.05, 0.1) is 11.0 Å². The number of rotatable bonds is 4. The van der Waals surface area contributed by atoms with Crippen molar-refractivity contribution in [1.29, 1.82) is 0 Å². The Bertz CT molecular complexity index is 1130. The van der Waals surface area contributed by atoms with Crippen LogP contribution >= 0.6 is 0 Å². The molecule has 0 saturated carbocycles. The molecule has 0 bridgehead atoms. The number of carbonyl (C=O) groups is 1. The minimum absolute atomic E-state index is 0.00351. The average molecular weight is 408 g/mol. The fraction of sp³-hybridized carbons (Fsp3) is 0.435. The lowest BCUT2D eigenvalue weighted by molar-refractivity contribution is -0.130. The maximum atomic E-state index is 12.2. The van der Waals surface area contributed by atoms with Crippen LogP contribution in [0.4, 0.5) is 0 Å². The average Bonchev–Trinajstić information content (AvgIpc) is 3.09. The predicted octanol–water partition coefficient (Wildman–Crippen LogP) is 2.43. The Morgan fingerprint density at radius 3 is 2.80 bits per heavy atom. The second-order valence-corrected chi connectivity index (χ2v) is 8.37. The van der Waals surface area contributed by atoms with Crippen LogP contribution in [0.3, 0.4) is 0 Å². The van der Waals surface area contributed by atoms with Crippen molar-refractivity contribution in [3.8, 4) is 11.4 Å². The van der Waals surface area contributed by atoms with Crippen molar-refractivity contribution >= 4 is 16.9 Å². The van der Waals surface area contributed by atoms with Crippen molar-refractivity contribution in [2.45, 2.75) is 39.8 Å². The highest BCUT2D eigenvalue weighted by molar-refractivity contribution is 5.81.